The standard InChI is InChI=1S/C35H53N7O9S/c1-2-3-12-36-35-37-25-31-33(39-42(34(31)38-35)28-6-8-29(43)9-7-28)27-4-10-30(11-5-27)52(46,47)41-15-13-40(14-16-41)17-18-48-19-20-49-21-22-50-23-24-51-26-32(44)45/h4-5,10-11,25,28-29,43H,2-3,6-9,12-24,26H2,1H3,(H,44,45)(H,36,37,38). The summed E-state index contributed by atoms with van der Waals surface area (Å²) in [5.74, 6) is -0.450. The highest BCUT2D eigenvalue weighted by molar-refractivity contribution is 7.89. The molecule has 0 amide bonds. The van der Waals surface area contributed by atoms with Crippen LogP contribution in [0.5, 0.6) is 0 Å². The third kappa shape index (κ3) is 11.4. The van der Waals surface area contributed by atoms with Crippen LogP contribution in [0.4, 0.5) is 5.95 Å². The number of carboxylic acid groups (broad SMARTS) is 1. The highest BCUT2D eigenvalue weighted by atomic mass is 32.2. The lowest BCUT2D eigenvalue weighted by Crippen LogP contribution is -2.49. The summed E-state index contributed by atoms with van der Waals surface area (Å²) in [6.07, 6.45) is 6.63. The molecule has 3 heterocycles. The molecular weight excluding hydrogens is 694 g/mol. The molecule has 0 spiro atoms. The zero-order valence-electron chi connectivity index (χ0n) is 30.0. The van der Waals surface area contributed by atoms with Gasteiger partial charge in [0.15, 0.2) is 5.65 Å². The largest absolute Gasteiger partial charge is 0.480 e. The number of ether oxygens (including phenoxy) is 4. The van der Waals surface area contributed by atoms with Crippen molar-refractivity contribution >= 4 is 33.0 Å². The van der Waals surface area contributed by atoms with E-state index in [1.807, 2.05) is 16.8 Å². The second kappa shape index (κ2) is 20.2. The van der Waals surface area contributed by atoms with E-state index in [0.717, 1.165) is 48.8 Å². The number of fused-ring (bicyclic) bond motifs is 1. The fourth-order valence-electron chi connectivity index (χ4n) is 6.30. The van der Waals surface area contributed by atoms with Crippen molar-refractivity contribution in [1.29, 1.82) is 0 Å². The smallest absolute Gasteiger partial charge is 0.329 e. The van der Waals surface area contributed by atoms with Crippen molar-refractivity contribution in [2.75, 3.05) is 97.4 Å². The van der Waals surface area contributed by atoms with Crippen molar-refractivity contribution in [2.45, 2.75) is 62.5 Å². The van der Waals surface area contributed by atoms with E-state index >= 15 is 0 Å². The lowest BCUT2D eigenvalue weighted by Gasteiger charge is -2.33. The molecule has 0 atom stereocenters. The Labute approximate surface area is 305 Å². The molecule has 3 N–H and O–H groups in total. The molecule has 1 saturated heterocycles. The van der Waals surface area contributed by atoms with Crippen LogP contribution in [-0.4, -0.2) is 152 Å². The SMILES string of the molecule is CCCCNc1ncc2c(-c3ccc(S(=O)(=O)N4CCN(CCOCCOCCOCCOCC(=O)O)CC4)cc3)nn(C3CCC(O)CC3)c2n1. The maximum Gasteiger partial charge on any atom is 0.329 e. The van der Waals surface area contributed by atoms with Gasteiger partial charge in [-0.15, -0.1) is 0 Å². The van der Waals surface area contributed by atoms with Crippen LogP contribution >= 0.6 is 0 Å². The van der Waals surface area contributed by atoms with Gasteiger partial charge in [-0.25, -0.2) is 22.9 Å². The van der Waals surface area contributed by atoms with Gasteiger partial charge in [-0.2, -0.15) is 14.4 Å². The molecule has 2 aromatic heterocycles. The second-order valence-electron chi connectivity index (χ2n) is 13.0. The van der Waals surface area contributed by atoms with E-state index < -0.39 is 16.0 Å². The number of nitrogens with one attached hydrogen (secondary N) is 1. The number of hydrogen-bond donors (Lipinski definition) is 3. The molecule has 16 nitrogen and oxygen atoms in total. The van der Waals surface area contributed by atoms with Crippen LogP contribution in [0.15, 0.2) is 35.4 Å². The van der Waals surface area contributed by atoms with Crippen molar-refractivity contribution < 1.29 is 42.4 Å². The number of aliphatic carboxylic acids is 1. The predicted molar refractivity (Wildman–Crippen MR) is 194 cm³/mol. The number of unbranched alkanes of at least 4 members (excludes halogenated alkanes) is 1. The average Bonchev–Trinajstić information content (AvgIpc) is 3.53. The first kappa shape index (κ1) is 39.9. The molecule has 3 aromatic rings. The Kier molecular flexibility index (Phi) is 15.5. The highest BCUT2D eigenvalue weighted by Gasteiger charge is 2.29. The molecule has 1 saturated carbocycles. The fraction of sp³-hybridized carbons (Fsp3) is 0.657. The van der Waals surface area contributed by atoms with Gasteiger partial charge >= 0.3 is 5.97 Å². The number of aliphatic hydroxyl groups excluding tert-OH is 1. The van der Waals surface area contributed by atoms with E-state index in [-0.39, 0.29) is 30.3 Å². The number of aromatic nitrogens is 4. The van der Waals surface area contributed by atoms with Gasteiger partial charge in [-0.05, 0) is 44.2 Å². The van der Waals surface area contributed by atoms with Gasteiger partial charge < -0.3 is 34.5 Å². The summed E-state index contributed by atoms with van der Waals surface area (Å²) in [6.45, 7) is 8.00. The number of hydrogen-bond acceptors (Lipinski definition) is 13. The maximum atomic E-state index is 13.6. The maximum absolute atomic E-state index is 13.6. The van der Waals surface area contributed by atoms with E-state index in [4.69, 9.17) is 34.1 Å². The summed E-state index contributed by atoms with van der Waals surface area (Å²) in [5, 5.41) is 27.7. The number of carboxylic acids is 1. The molecule has 17 heteroatoms. The third-order valence-electron chi connectivity index (χ3n) is 9.26. The Morgan fingerprint density at radius 3 is 2.17 bits per heavy atom. The molecule has 1 aliphatic carbocycles. The first-order valence-corrected chi connectivity index (χ1v) is 19.7. The number of anilines is 1. The van der Waals surface area contributed by atoms with E-state index in [0.29, 0.717) is 96.8 Å². The lowest BCUT2D eigenvalue weighted by atomic mass is 9.93. The van der Waals surface area contributed by atoms with E-state index in [1.54, 1.807) is 18.3 Å². The zero-order chi connectivity index (χ0) is 36.8. The number of nitrogens with zero attached hydrogens (tertiary/aromatic N) is 6. The van der Waals surface area contributed by atoms with Crippen molar-refractivity contribution in [1.82, 2.24) is 29.0 Å². The lowest BCUT2D eigenvalue weighted by molar-refractivity contribution is -0.142. The Morgan fingerprint density at radius 1 is 0.904 bits per heavy atom. The van der Waals surface area contributed by atoms with Crippen molar-refractivity contribution in [2.24, 2.45) is 0 Å². The first-order chi connectivity index (χ1) is 25.3. The summed E-state index contributed by atoms with van der Waals surface area (Å²) in [4.78, 5) is 22.2. The van der Waals surface area contributed by atoms with Gasteiger partial charge in [0.05, 0.1) is 68.7 Å². The van der Waals surface area contributed by atoms with Crippen LogP contribution in [0.1, 0.15) is 51.5 Å². The molecule has 0 bridgehead atoms. The van der Waals surface area contributed by atoms with Crippen LogP contribution in [0.2, 0.25) is 0 Å². The molecule has 1 aliphatic heterocycles. The molecule has 52 heavy (non-hydrogen) atoms. The summed E-state index contributed by atoms with van der Waals surface area (Å²) in [6, 6.07) is 7.03. The number of piperazine rings is 1. The van der Waals surface area contributed by atoms with Crippen LogP contribution in [0, 0.1) is 0 Å². The number of aliphatic hydroxyl groups is 1. The molecule has 0 radical (unpaired) electrons. The summed E-state index contributed by atoms with van der Waals surface area (Å²) in [5.41, 5.74) is 2.23. The van der Waals surface area contributed by atoms with Gasteiger partial charge in [-0.3, -0.25) is 4.90 Å². The number of rotatable bonds is 22. The molecule has 1 aromatic carbocycles. The molecule has 5 rings (SSSR count). The minimum Gasteiger partial charge on any atom is -0.480 e. The molecule has 0 unspecified atom stereocenters. The minimum atomic E-state index is -3.68. The van der Waals surface area contributed by atoms with E-state index in [9.17, 15) is 18.3 Å². The predicted octanol–water partition coefficient (Wildman–Crippen LogP) is 2.64. The monoisotopic (exact) mass is 747 g/mol. The summed E-state index contributed by atoms with van der Waals surface area (Å²) in [7, 11) is -3.68. The Hall–Kier alpha value is -3.29. The number of sulfonamides is 1. The molecular formula is C35H53N7O9S. The Bertz CT molecular complexity index is 1640. The van der Waals surface area contributed by atoms with E-state index in [1.165, 1.54) is 4.31 Å². The van der Waals surface area contributed by atoms with E-state index in [2.05, 4.69) is 22.1 Å². The van der Waals surface area contributed by atoms with Crippen LogP contribution < -0.4 is 5.32 Å². The van der Waals surface area contributed by atoms with Gasteiger partial charge in [-0.1, -0.05) is 25.5 Å². The van der Waals surface area contributed by atoms with Crippen LogP contribution in [-0.2, 0) is 33.8 Å². The first-order valence-electron chi connectivity index (χ1n) is 18.3. The Morgan fingerprint density at radius 2 is 1.54 bits per heavy atom. The van der Waals surface area contributed by atoms with Gasteiger partial charge in [0.1, 0.15) is 12.3 Å². The van der Waals surface area contributed by atoms with Crippen molar-refractivity contribution in [3.63, 3.8) is 0 Å². The highest BCUT2D eigenvalue weighted by Crippen LogP contribution is 2.35. The van der Waals surface area contributed by atoms with Crippen molar-refractivity contribution in [3.8, 4) is 11.3 Å². The summed E-state index contributed by atoms with van der Waals surface area (Å²) < 4.78 is 52.0. The minimum absolute atomic E-state index is 0.111. The number of benzene rings is 1. The second-order valence-corrected chi connectivity index (χ2v) is 15.0. The van der Waals surface area contributed by atoms with Gasteiger partial charge in [0.2, 0.25) is 16.0 Å². The summed E-state index contributed by atoms with van der Waals surface area (Å²) >= 11 is 0. The topological polar surface area (TPSA) is 191 Å². The van der Waals surface area contributed by atoms with Gasteiger partial charge in [0, 0.05) is 51.0 Å². The quantitative estimate of drug-likeness (QED) is 0.127. The average molecular weight is 748 g/mol. The molecule has 2 aliphatic rings. The third-order valence-corrected chi connectivity index (χ3v) is 11.2. The molecule has 288 valence electrons. The Balaban J connectivity index is 1.08. The fourth-order valence-corrected chi connectivity index (χ4v) is 7.72. The van der Waals surface area contributed by atoms with Crippen molar-refractivity contribution in [3.05, 3.63) is 30.5 Å². The van der Waals surface area contributed by atoms with Crippen LogP contribution in [0.3, 0.4) is 0 Å². The molecule has 2 fully saturated rings. The van der Waals surface area contributed by atoms with Crippen LogP contribution in [0.25, 0.3) is 22.3 Å². The normalized spacial score (nSPS) is 19.0. The zero-order valence-corrected chi connectivity index (χ0v) is 30.8. The number of carbonyl (C=O) groups is 1. The van der Waals surface area contributed by atoms with Gasteiger partial charge in [0.25, 0.3) is 0 Å².